The first-order valence-corrected chi connectivity index (χ1v) is 3.53. The van der Waals surface area contributed by atoms with Crippen molar-refractivity contribution >= 4 is 0 Å². The van der Waals surface area contributed by atoms with Crippen molar-refractivity contribution in [3.63, 3.8) is 0 Å². The molecule has 1 atom stereocenters. The second-order valence-electron chi connectivity index (χ2n) is 2.79. The number of rotatable bonds is 2. The van der Waals surface area contributed by atoms with Gasteiger partial charge in [0, 0.05) is 0 Å². The van der Waals surface area contributed by atoms with Gasteiger partial charge in [0.2, 0.25) is 0 Å². The maximum atomic E-state index is 3.88. The van der Waals surface area contributed by atoms with Gasteiger partial charge in [-0.05, 0) is 39.0 Å². The molecule has 2 heteroatoms. The minimum atomic E-state index is 0.840. The van der Waals surface area contributed by atoms with Gasteiger partial charge in [-0.15, -0.1) is 0 Å². The number of likely N-dealkylation sites (tertiary alicyclic amines) is 1. The van der Waals surface area contributed by atoms with Crippen molar-refractivity contribution in [3.05, 3.63) is 7.05 Å². The van der Waals surface area contributed by atoms with Crippen molar-refractivity contribution < 1.29 is 0 Å². The van der Waals surface area contributed by atoms with E-state index in [9.17, 15) is 0 Å². The summed E-state index contributed by atoms with van der Waals surface area (Å²) >= 11 is 0. The van der Waals surface area contributed by atoms with E-state index in [1.807, 2.05) is 7.05 Å². The van der Waals surface area contributed by atoms with E-state index in [4.69, 9.17) is 0 Å². The summed E-state index contributed by atoms with van der Waals surface area (Å²) in [6, 6.07) is 0. The van der Waals surface area contributed by atoms with Crippen molar-refractivity contribution in [2.24, 2.45) is 5.92 Å². The van der Waals surface area contributed by atoms with Crippen LogP contribution in [0.4, 0.5) is 0 Å². The summed E-state index contributed by atoms with van der Waals surface area (Å²) in [5.41, 5.74) is 0. The Morgan fingerprint density at radius 2 is 2.56 bits per heavy atom. The third-order valence-corrected chi connectivity index (χ3v) is 1.86. The lowest BCUT2D eigenvalue weighted by Gasteiger charge is -2.16. The second kappa shape index (κ2) is 3.18. The molecular formula is C7H15N2-. The summed E-state index contributed by atoms with van der Waals surface area (Å²) in [6.45, 7) is 3.49. The van der Waals surface area contributed by atoms with E-state index >= 15 is 0 Å². The molecule has 9 heavy (non-hydrogen) atoms. The first-order chi connectivity index (χ1) is 4.33. The summed E-state index contributed by atoms with van der Waals surface area (Å²) in [7, 11) is 5.88. The van der Waals surface area contributed by atoms with E-state index in [2.05, 4.69) is 17.3 Å². The summed E-state index contributed by atoms with van der Waals surface area (Å²) < 4.78 is 0. The Morgan fingerprint density at radius 1 is 1.78 bits per heavy atom. The van der Waals surface area contributed by atoms with Crippen LogP contribution in [0, 0.1) is 13.0 Å². The van der Waals surface area contributed by atoms with E-state index in [1.54, 1.807) is 0 Å². The number of nitrogens with zero attached hydrogens (tertiary/aromatic N) is 1. The van der Waals surface area contributed by atoms with Crippen LogP contribution in [0.15, 0.2) is 0 Å². The van der Waals surface area contributed by atoms with E-state index < -0.39 is 0 Å². The number of hydrogen-bond donors (Lipinski definition) is 1. The molecule has 0 aromatic carbocycles. The monoisotopic (exact) mass is 127 g/mol. The van der Waals surface area contributed by atoms with Crippen molar-refractivity contribution in [1.82, 2.24) is 10.2 Å². The Kier molecular flexibility index (Phi) is 2.49. The Bertz CT molecular complexity index is 81.0. The molecule has 1 N–H and O–H groups in total. The lowest BCUT2D eigenvalue weighted by atomic mass is 10.1. The molecule has 54 valence electrons. The van der Waals surface area contributed by atoms with Crippen LogP contribution < -0.4 is 5.32 Å². The van der Waals surface area contributed by atoms with Crippen LogP contribution in [0.25, 0.3) is 0 Å². The highest BCUT2D eigenvalue weighted by atomic mass is 15.1. The van der Waals surface area contributed by atoms with Gasteiger partial charge in [-0.1, -0.05) is 0 Å². The summed E-state index contributed by atoms with van der Waals surface area (Å²) in [5, 5.41) is 3.18. The zero-order valence-corrected chi connectivity index (χ0v) is 6.06. The minimum Gasteiger partial charge on any atom is -0.459 e. The average molecular weight is 127 g/mol. The summed E-state index contributed by atoms with van der Waals surface area (Å²) in [6.07, 6.45) is 1.31. The van der Waals surface area contributed by atoms with Gasteiger partial charge in [0.25, 0.3) is 0 Å². The predicted octanol–water partition coefficient (Wildman–Crippen LogP) is 0.319. The first-order valence-electron chi connectivity index (χ1n) is 3.53. The average Bonchev–Trinajstić information content (AvgIpc) is 2.17. The highest BCUT2D eigenvalue weighted by Gasteiger charge is 2.13. The molecule has 0 aromatic heterocycles. The van der Waals surface area contributed by atoms with E-state index in [-0.39, 0.29) is 0 Å². The lowest BCUT2D eigenvalue weighted by molar-refractivity contribution is 0.427. The maximum absolute atomic E-state index is 3.88. The normalized spacial score (nSPS) is 29.3. The first kappa shape index (κ1) is 7.03. The predicted molar refractivity (Wildman–Crippen MR) is 39.0 cm³/mol. The van der Waals surface area contributed by atoms with Crippen LogP contribution in [-0.2, 0) is 0 Å². The Labute approximate surface area is 57.2 Å². The van der Waals surface area contributed by atoms with E-state index in [0.717, 1.165) is 12.5 Å². The summed E-state index contributed by atoms with van der Waals surface area (Å²) in [5.74, 6) is 0.840. The van der Waals surface area contributed by atoms with Gasteiger partial charge >= 0.3 is 0 Å². The maximum Gasteiger partial charge on any atom is -0.00117 e. The van der Waals surface area contributed by atoms with Crippen LogP contribution in [0.2, 0.25) is 0 Å². The molecule has 2 nitrogen and oxygen atoms in total. The molecule has 1 fully saturated rings. The van der Waals surface area contributed by atoms with Gasteiger partial charge in [-0.3, -0.25) is 7.05 Å². The minimum absolute atomic E-state index is 0.840. The third-order valence-electron chi connectivity index (χ3n) is 1.86. The summed E-state index contributed by atoms with van der Waals surface area (Å²) in [4.78, 5) is 2.14. The standard InChI is InChI=1S/C7H15N2/c1-8-5-7-3-4-9(2)6-7/h7-8H,2-6H2,1H3/q-1/t7-/m0/s1. The van der Waals surface area contributed by atoms with Gasteiger partial charge in [-0.2, -0.15) is 0 Å². The number of hydrogen-bond acceptors (Lipinski definition) is 2. The topological polar surface area (TPSA) is 15.3 Å². The molecule has 0 aromatic rings. The molecule has 1 saturated heterocycles. The Morgan fingerprint density at radius 3 is 3.00 bits per heavy atom. The van der Waals surface area contributed by atoms with Gasteiger partial charge in [-0.25, -0.2) is 0 Å². The molecule has 0 unspecified atom stereocenters. The molecule has 1 aliphatic rings. The molecule has 1 heterocycles. The molecule has 0 spiro atoms. The van der Waals surface area contributed by atoms with Crippen LogP contribution in [0.3, 0.4) is 0 Å². The highest BCUT2D eigenvalue weighted by Crippen LogP contribution is 2.12. The van der Waals surface area contributed by atoms with Crippen LogP contribution in [0.5, 0.6) is 0 Å². The fourth-order valence-corrected chi connectivity index (χ4v) is 1.37. The lowest BCUT2D eigenvalue weighted by Crippen LogP contribution is -2.21. The Balaban J connectivity index is 2.14. The molecule has 1 aliphatic heterocycles. The van der Waals surface area contributed by atoms with E-state index in [1.165, 1.54) is 19.5 Å². The van der Waals surface area contributed by atoms with Gasteiger partial charge in [0.05, 0.1) is 0 Å². The Hall–Kier alpha value is -0.0800. The number of nitrogens with one attached hydrogen (secondary N) is 1. The van der Waals surface area contributed by atoms with Crippen molar-refractivity contribution in [3.8, 4) is 0 Å². The van der Waals surface area contributed by atoms with E-state index in [0.29, 0.717) is 0 Å². The van der Waals surface area contributed by atoms with Crippen molar-refractivity contribution in [2.75, 3.05) is 26.7 Å². The smallest absolute Gasteiger partial charge is 0.00117 e. The van der Waals surface area contributed by atoms with Gasteiger partial charge < -0.3 is 10.2 Å². The molecule has 0 saturated carbocycles. The highest BCUT2D eigenvalue weighted by molar-refractivity contribution is 4.75. The molecule has 0 aliphatic carbocycles. The third kappa shape index (κ3) is 1.95. The second-order valence-corrected chi connectivity index (χ2v) is 2.79. The fourth-order valence-electron chi connectivity index (χ4n) is 1.37. The SMILES string of the molecule is [CH2-]N1CC[C@@H](CNC)C1. The van der Waals surface area contributed by atoms with Crippen molar-refractivity contribution in [2.45, 2.75) is 6.42 Å². The van der Waals surface area contributed by atoms with Crippen LogP contribution in [-0.4, -0.2) is 31.6 Å². The van der Waals surface area contributed by atoms with Gasteiger partial charge in [0.1, 0.15) is 0 Å². The van der Waals surface area contributed by atoms with Crippen LogP contribution in [0.1, 0.15) is 6.42 Å². The zero-order chi connectivity index (χ0) is 6.69. The fraction of sp³-hybridized carbons (Fsp3) is 0.857. The largest absolute Gasteiger partial charge is 0.459 e. The molecule has 0 amide bonds. The molecule has 0 radical (unpaired) electrons. The quantitative estimate of drug-likeness (QED) is 0.537. The van der Waals surface area contributed by atoms with Gasteiger partial charge in [0.15, 0.2) is 0 Å². The molecule has 0 bridgehead atoms. The van der Waals surface area contributed by atoms with Crippen molar-refractivity contribution in [1.29, 1.82) is 0 Å². The van der Waals surface area contributed by atoms with Crippen LogP contribution >= 0.6 is 0 Å². The molecular weight excluding hydrogens is 112 g/mol. The zero-order valence-electron chi connectivity index (χ0n) is 6.06. The molecule has 1 rings (SSSR count).